The number of aliphatic hydroxyl groups excluding tert-OH is 2. The second-order valence-corrected chi connectivity index (χ2v) is 10.8. The summed E-state index contributed by atoms with van der Waals surface area (Å²) in [6, 6.07) is 34.2. The van der Waals surface area contributed by atoms with E-state index < -0.39 is 47.9 Å². The Labute approximate surface area is 267 Å². The predicted octanol–water partition coefficient (Wildman–Crippen LogP) is 1.80. The van der Waals surface area contributed by atoms with Crippen LogP contribution in [0.1, 0.15) is 22.3 Å². The number of benzene rings is 4. The highest BCUT2D eigenvalue weighted by molar-refractivity contribution is 5.95. The van der Waals surface area contributed by atoms with Crippen LogP contribution in [0.4, 0.5) is 0 Å². The number of rotatable bonds is 15. The quantitative estimate of drug-likeness (QED) is 0.119. The van der Waals surface area contributed by atoms with E-state index in [1.807, 2.05) is 72.8 Å². The number of carbonyl (C=O) groups excluding carboxylic acids is 4. The number of hydrogen-bond donors (Lipinski definition) is 6. The minimum Gasteiger partial charge on any atom is -0.380 e. The van der Waals surface area contributed by atoms with Crippen molar-refractivity contribution in [2.24, 2.45) is 0 Å². The Morgan fingerprint density at radius 1 is 0.435 bits per heavy atom. The van der Waals surface area contributed by atoms with Gasteiger partial charge >= 0.3 is 0 Å². The van der Waals surface area contributed by atoms with Crippen LogP contribution in [0.15, 0.2) is 121 Å². The summed E-state index contributed by atoms with van der Waals surface area (Å²) >= 11 is 0. The van der Waals surface area contributed by atoms with E-state index in [9.17, 15) is 29.4 Å². The molecule has 0 aliphatic rings. The standard InChI is InChI=1S/C36H38N4O6/c41-31(35(45)39-29(21-25-13-5-1-6-14-25)33(43)37-23-27-17-9-3-10-18-27)32(42)36(46)40-30(22-26-15-7-2-8-16-26)34(44)38-24-28-19-11-4-12-20-28/h1-20,29-32,41-42H,21-24H2,(H,37,43)(H,38,44)(H,39,45)(H,40,46)/t29?,30?,31-,32-/m0/s1. The average Bonchev–Trinajstić information content (AvgIpc) is 3.10. The zero-order valence-electron chi connectivity index (χ0n) is 25.2. The molecule has 0 heterocycles. The molecule has 10 heteroatoms. The maximum Gasteiger partial charge on any atom is 0.252 e. The third kappa shape index (κ3) is 10.4. The van der Waals surface area contributed by atoms with Gasteiger partial charge in [-0.15, -0.1) is 0 Å². The second-order valence-electron chi connectivity index (χ2n) is 10.8. The third-order valence-corrected chi connectivity index (χ3v) is 7.29. The van der Waals surface area contributed by atoms with Gasteiger partial charge in [-0.1, -0.05) is 121 Å². The average molecular weight is 623 g/mol. The molecule has 10 nitrogen and oxygen atoms in total. The molecule has 0 aliphatic heterocycles. The van der Waals surface area contributed by atoms with Crippen molar-refractivity contribution in [3.63, 3.8) is 0 Å². The van der Waals surface area contributed by atoms with E-state index >= 15 is 0 Å². The molecule has 0 bridgehead atoms. The maximum absolute atomic E-state index is 13.1. The minimum atomic E-state index is -2.22. The van der Waals surface area contributed by atoms with Gasteiger partial charge in [0.1, 0.15) is 12.1 Å². The molecule has 4 rings (SSSR count). The van der Waals surface area contributed by atoms with Gasteiger partial charge in [-0.3, -0.25) is 19.2 Å². The molecule has 0 spiro atoms. The fourth-order valence-electron chi connectivity index (χ4n) is 4.74. The fourth-order valence-corrected chi connectivity index (χ4v) is 4.74. The molecular weight excluding hydrogens is 584 g/mol. The Balaban J connectivity index is 1.41. The Morgan fingerprint density at radius 3 is 1.02 bits per heavy atom. The lowest BCUT2D eigenvalue weighted by Gasteiger charge is -2.24. The molecule has 46 heavy (non-hydrogen) atoms. The molecule has 0 fully saturated rings. The van der Waals surface area contributed by atoms with Crippen LogP contribution in [-0.2, 0) is 45.1 Å². The van der Waals surface area contributed by atoms with Gasteiger partial charge in [0.05, 0.1) is 0 Å². The van der Waals surface area contributed by atoms with Gasteiger partial charge < -0.3 is 31.5 Å². The Morgan fingerprint density at radius 2 is 0.717 bits per heavy atom. The fraction of sp³-hybridized carbons (Fsp3) is 0.222. The Kier molecular flexibility index (Phi) is 12.6. The van der Waals surface area contributed by atoms with Crippen molar-refractivity contribution in [2.45, 2.75) is 50.2 Å². The summed E-state index contributed by atoms with van der Waals surface area (Å²) in [6.07, 6.45) is -4.23. The van der Waals surface area contributed by atoms with Crippen LogP contribution in [0.3, 0.4) is 0 Å². The van der Waals surface area contributed by atoms with Crippen molar-refractivity contribution >= 4 is 23.6 Å². The van der Waals surface area contributed by atoms with Gasteiger partial charge in [0, 0.05) is 25.9 Å². The molecule has 0 saturated carbocycles. The third-order valence-electron chi connectivity index (χ3n) is 7.29. The van der Waals surface area contributed by atoms with Crippen molar-refractivity contribution in [2.75, 3.05) is 0 Å². The van der Waals surface area contributed by atoms with E-state index in [0.29, 0.717) is 0 Å². The lowest BCUT2D eigenvalue weighted by molar-refractivity contribution is -0.148. The number of aliphatic hydroxyl groups is 2. The summed E-state index contributed by atoms with van der Waals surface area (Å²) in [6.45, 7) is 0.424. The van der Waals surface area contributed by atoms with Crippen LogP contribution in [0.25, 0.3) is 0 Å². The van der Waals surface area contributed by atoms with E-state index in [4.69, 9.17) is 0 Å². The summed E-state index contributed by atoms with van der Waals surface area (Å²) in [5.41, 5.74) is 3.21. The van der Waals surface area contributed by atoms with Gasteiger partial charge in [0.15, 0.2) is 12.2 Å². The topological polar surface area (TPSA) is 157 Å². The molecule has 4 aromatic carbocycles. The minimum absolute atomic E-state index is 0.100. The van der Waals surface area contributed by atoms with Gasteiger partial charge in [0.25, 0.3) is 11.8 Å². The van der Waals surface area contributed by atoms with Crippen molar-refractivity contribution < 1.29 is 29.4 Å². The monoisotopic (exact) mass is 622 g/mol. The van der Waals surface area contributed by atoms with Gasteiger partial charge in [-0.2, -0.15) is 0 Å². The molecule has 238 valence electrons. The molecule has 2 unspecified atom stereocenters. The normalized spacial score (nSPS) is 13.3. The largest absolute Gasteiger partial charge is 0.380 e. The van der Waals surface area contributed by atoms with Gasteiger partial charge in [0.2, 0.25) is 11.8 Å². The van der Waals surface area contributed by atoms with E-state index in [0.717, 1.165) is 22.3 Å². The van der Waals surface area contributed by atoms with Crippen molar-refractivity contribution in [1.29, 1.82) is 0 Å². The molecule has 4 atom stereocenters. The van der Waals surface area contributed by atoms with Crippen molar-refractivity contribution in [1.82, 2.24) is 21.3 Å². The molecule has 0 aromatic heterocycles. The van der Waals surface area contributed by atoms with Crippen LogP contribution in [0.2, 0.25) is 0 Å². The summed E-state index contributed by atoms with van der Waals surface area (Å²) in [5, 5.41) is 31.9. The number of hydrogen-bond acceptors (Lipinski definition) is 6. The summed E-state index contributed by atoms with van der Waals surface area (Å²) < 4.78 is 0. The lowest BCUT2D eigenvalue weighted by Crippen LogP contribution is -2.57. The van der Waals surface area contributed by atoms with Crippen LogP contribution in [-0.4, -0.2) is 58.1 Å². The molecule has 0 saturated heterocycles. The van der Waals surface area contributed by atoms with E-state index in [1.54, 1.807) is 48.5 Å². The summed E-state index contributed by atoms with van der Waals surface area (Å²) in [5.74, 6) is -3.26. The zero-order valence-corrected chi connectivity index (χ0v) is 25.2. The van der Waals surface area contributed by atoms with Crippen LogP contribution < -0.4 is 21.3 Å². The molecular formula is C36H38N4O6. The lowest BCUT2D eigenvalue weighted by atomic mass is 10.0. The van der Waals surface area contributed by atoms with E-state index in [-0.39, 0.29) is 25.9 Å². The van der Waals surface area contributed by atoms with Gasteiger partial charge in [-0.25, -0.2) is 0 Å². The number of amides is 4. The molecule has 0 radical (unpaired) electrons. The molecule has 6 N–H and O–H groups in total. The highest BCUT2D eigenvalue weighted by Gasteiger charge is 2.35. The van der Waals surface area contributed by atoms with Crippen LogP contribution in [0.5, 0.6) is 0 Å². The number of carbonyl (C=O) groups is 4. The summed E-state index contributed by atoms with van der Waals surface area (Å²) in [7, 11) is 0. The first-order valence-corrected chi connectivity index (χ1v) is 15.0. The highest BCUT2D eigenvalue weighted by Crippen LogP contribution is 2.08. The molecule has 4 amide bonds. The highest BCUT2D eigenvalue weighted by atomic mass is 16.3. The molecule has 4 aromatic rings. The van der Waals surface area contributed by atoms with Crippen LogP contribution >= 0.6 is 0 Å². The first kappa shape index (κ1) is 33.6. The first-order valence-electron chi connectivity index (χ1n) is 15.0. The van der Waals surface area contributed by atoms with Crippen molar-refractivity contribution in [3.05, 3.63) is 144 Å². The molecule has 0 aliphatic carbocycles. The number of nitrogens with one attached hydrogen (secondary N) is 4. The van der Waals surface area contributed by atoms with Crippen LogP contribution in [0, 0.1) is 0 Å². The smallest absolute Gasteiger partial charge is 0.252 e. The Hall–Kier alpha value is -5.32. The van der Waals surface area contributed by atoms with E-state index in [2.05, 4.69) is 21.3 Å². The summed E-state index contributed by atoms with van der Waals surface area (Å²) in [4.78, 5) is 52.5. The van der Waals surface area contributed by atoms with Gasteiger partial charge in [-0.05, 0) is 22.3 Å². The predicted molar refractivity (Wildman–Crippen MR) is 173 cm³/mol. The maximum atomic E-state index is 13.1. The SMILES string of the molecule is O=C(NCc1ccccc1)C(Cc1ccccc1)NC(=O)[C@@H](O)[C@H](O)C(=O)NC(Cc1ccccc1)C(=O)NCc1ccccc1. The Bertz CT molecular complexity index is 1440. The first-order chi connectivity index (χ1) is 22.3. The zero-order chi connectivity index (χ0) is 32.7. The van der Waals surface area contributed by atoms with Crippen molar-refractivity contribution in [3.8, 4) is 0 Å². The second kappa shape index (κ2) is 17.2. The van der Waals surface area contributed by atoms with E-state index in [1.165, 1.54) is 0 Å².